The number of hydrogen-bond acceptors (Lipinski definition) is 6. The van der Waals surface area contributed by atoms with E-state index in [1.165, 1.54) is 11.8 Å². The Bertz CT molecular complexity index is 637. The van der Waals surface area contributed by atoms with E-state index in [4.69, 9.17) is 14.2 Å². The van der Waals surface area contributed by atoms with Crippen LogP contribution in [0.25, 0.3) is 0 Å². The fourth-order valence-corrected chi connectivity index (χ4v) is 2.32. The van der Waals surface area contributed by atoms with Gasteiger partial charge in [-0.2, -0.15) is 0 Å². The molecule has 0 spiro atoms. The summed E-state index contributed by atoms with van der Waals surface area (Å²) in [6.07, 6.45) is -0.523. The Morgan fingerprint density at radius 3 is 2.08 bits per heavy atom. The highest BCUT2D eigenvalue weighted by atomic mass is 16.6. The third-order valence-electron chi connectivity index (χ3n) is 3.53. The maximum atomic E-state index is 12.2. The summed E-state index contributed by atoms with van der Waals surface area (Å²) in [5.41, 5.74) is -0.208. The van der Waals surface area contributed by atoms with E-state index in [-0.39, 0.29) is 25.3 Å². The summed E-state index contributed by atoms with van der Waals surface area (Å²) in [6, 6.07) is 7.85. The second-order valence-corrected chi connectivity index (χ2v) is 6.79. The van der Waals surface area contributed by atoms with E-state index in [1.807, 2.05) is 0 Å². The first kappa shape index (κ1) is 18.8. The molecule has 1 aromatic rings. The molecule has 1 saturated heterocycles. The topological polar surface area (TPSA) is 81.9 Å². The molecule has 1 amide bonds. The molecule has 7 heteroatoms. The largest absolute Gasteiger partial charge is 0.464 e. The van der Waals surface area contributed by atoms with Gasteiger partial charge in [0, 0.05) is 6.92 Å². The molecule has 25 heavy (non-hydrogen) atoms. The van der Waals surface area contributed by atoms with Gasteiger partial charge in [0.25, 0.3) is 0 Å². The van der Waals surface area contributed by atoms with Gasteiger partial charge in [0.1, 0.15) is 18.8 Å². The monoisotopic (exact) mass is 349 g/mol. The van der Waals surface area contributed by atoms with Crippen LogP contribution >= 0.6 is 0 Å². The highest BCUT2D eigenvalue weighted by Crippen LogP contribution is 2.31. The van der Waals surface area contributed by atoms with Crippen molar-refractivity contribution in [3.63, 3.8) is 0 Å². The van der Waals surface area contributed by atoms with Crippen molar-refractivity contribution in [1.82, 2.24) is 4.90 Å². The summed E-state index contributed by atoms with van der Waals surface area (Å²) < 4.78 is 15.6. The van der Waals surface area contributed by atoms with Crippen LogP contribution in [0.4, 0.5) is 4.79 Å². The highest BCUT2D eigenvalue weighted by Gasteiger charge is 2.54. The standard InChI is InChI=1S/C18H23NO6/c1-12(20)23-10-14-15(19(14)17(22)25-18(2,3)4)11-24-16(21)13-8-6-5-7-9-13/h5-9,14-15H,10-11H2,1-4H3/t14-,15+,19?/m1/s1. The van der Waals surface area contributed by atoms with Crippen molar-refractivity contribution in [1.29, 1.82) is 0 Å². The van der Waals surface area contributed by atoms with E-state index in [0.717, 1.165) is 0 Å². The molecule has 136 valence electrons. The lowest BCUT2D eigenvalue weighted by Crippen LogP contribution is -2.29. The van der Waals surface area contributed by atoms with Crippen molar-refractivity contribution >= 4 is 18.0 Å². The number of nitrogens with zero attached hydrogens (tertiary/aromatic N) is 1. The number of hydrogen-bond donors (Lipinski definition) is 0. The fraction of sp³-hybridized carbons (Fsp3) is 0.500. The third kappa shape index (κ3) is 5.48. The highest BCUT2D eigenvalue weighted by molar-refractivity contribution is 5.89. The van der Waals surface area contributed by atoms with Gasteiger partial charge < -0.3 is 14.2 Å². The van der Waals surface area contributed by atoms with Gasteiger partial charge in [-0.15, -0.1) is 0 Å². The van der Waals surface area contributed by atoms with E-state index in [2.05, 4.69) is 0 Å². The lowest BCUT2D eigenvalue weighted by atomic mass is 10.2. The number of amides is 1. The van der Waals surface area contributed by atoms with E-state index in [1.54, 1.807) is 51.1 Å². The minimum absolute atomic E-state index is 0.0128. The second-order valence-electron chi connectivity index (χ2n) is 6.79. The molecule has 1 aliphatic heterocycles. The van der Waals surface area contributed by atoms with Gasteiger partial charge in [-0.25, -0.2) is 9.59 Å². The van der Waals surface area contributed by atoms with Gasteiger partial charge in [-0.3, -0.25) is 9.69 Å². The Morgan fingerprint density at radius 1 is 1.00 bits per heavy atom. The van der Waals surface area contributed by atoms with Crippen molar-refractivity contribution in [2.75, 3.05) is 13.2 Å². The average molecular weight is 349 g/mol. The van der Waals surface area contributed by atoms with Crippen molar-refractivity contribution in [2.24, 2.45) is 0 Å². The summed E-state index contributed by atoms with van der Waals surface area (Å²) in [5, 5.41) is 0. The SMILES string of the molecule is CC(=O)OC[C@@H]1[C@H](COC(=O)c2ccccc2)N1C(=O)OC(C)(C)C. The van der Waals surface area contributed by atoms with E-state index < -0.39 is 23.6 Å². The summed E-state index contributed by atoms with van der Waals surface area (Å²) >= 11 is 0. The van der Waals surface area contributed by atoms with Crippen LogP contribution < -0.4 is 0 Å². The zero-order valence-corrected chi connectivity index (χ0v) is 14.9. The average Bonchev–Trinajstić information content (AvgIpc) is 3.23. The van der Waals surface area contributed by atoms with Crippen molar-refractivity contribution in [3.8, 4) is 0 Å². The molecule has 0 radical (unpaired) electrons. The Labute approximate surface area is 146 Å². The van der Waals surface area contributed by atoms with Crippen LogP contribution in [-0.2, 0) is 19.0 Å². The Morgan fingerprint density at radius 2 is 1.56 bits per heavy atom. The minimum atomic E-state index is -0.642. The predicted molar refractivity (Wildman–Crippen MR) is 89.0 cm³/mol. The van der Waals surface area contributed by atoms with E-state index in [9.17, 15) is 14.4 Å². The summed E-state index contributed by atoms with van der Waals surface area (Å²) in [5.74, 6) is -0.904. The van der Waals surface area contributed by atoms with Crippen LogP contribution in [0.1, 0.15) is 38.1 Å². The van der Waals surface area contributed by atoms with Crippen LogP contribution in [-0.4, -0.2) is 53.8 Å². The van der Waals surface area contributed by atoms with Crippen molar-refractivity contribution < 1.29 is 28.6 Å². The van der Waals surface area contributed by atoms with Gasteiger partial charge in [0.15, 0.2) is 0 Å². The minimum Gasteiger partial charge on any atom is -0.464 e. The van der Waals surface area contributed by atoms with Crippen LogP contribution in [0.15, 0.2) is 30.3 Å². The number of esters is 2. The third-order valence-corrected chi connectivity index (χ3v) is 3.53. The molecule has 7 nitrogen and oxygen atoms in total. The zero-order valence-electron chi connectivity index (χ0n) is 14.9. The summed E-state index contributed by atoms with van der Waals surface area (Å²) in [6.45, 7) is 6.64. The molecule has 0 N–H and O–H groups in total. The van der Waals surface area contributed by atoms with Crippen LogP contribution in [0, 0.1) is 0 Å². The first-order valence-corrected chi connectivity index (χ1v) is 8.06. The molecule has 1 aromatic carbocycles. The molecule has 0 unspecified atom stereocenters. The lowest BCUT2D eigenvalue weighted by molar-refractivity contribution is -0.141. The fourth-order valence-electron chi connectivity index (χ4n) is 2.32. The van der Waals surface area contributed by atoms with Gasteiger partial charge >= 0.3 is 18.0 Å². The number of benzene rings is 1. The van der Waals surface area contributed by atoms with Crippen LogP contribution in [0.5, 0.6) is 0 Å². The number of ether oxygens (including phenoxy) is 3. The van der Waals surface area contributed by atoms with Gasteiger partial charge in [0.05, 0.1) is 17.6 Å². The summed E-state index contributed by atoms with van der Waals surface area (Å²) in [4.78, 5) is 36.7. The normalized spacial score (nSPS) is 19.1. The molecule has 0 aromatic heterocycles. The first-order chi connectivity index (χ1) is 11.7. The molecule has 0 bridgehead atoms. The Kier molecular flexibility index (Phi) is 5.66. The van der Waals surface area contributed by atoms with Crippen LogP contribution in [0.2, 0.25) is 0 Å². The maximum Gasteiger partial charge on any atom is 0.411 e. The molecule has 1 heterocycles. The number of carbonyl (C=O) groups is 3. The Balaban J connectivity index is 1.94. The molecule has 2 atom stereocenters. The lowest BCUT2D eigenvalue weighted by Gasteiger charge is -2.20. The molecular weight excluding hydrogens is 326 g/mol. The summed E-state index contributed by atoms with van der Waals surface area (Å²) in [7, 11) is 0. The van der Waals surface area contributed by atoms with Crippen LogP contribution in [0.3, 0.4) is 0 Å². The number of carbonyl (C=O) groups excluding carboxylic acids is 3. The van der Waals surface area contributed by atoms with Crippen molar-refractivity contribution in [3.05, 3.63) is 35.9 Å². The molecule has 0 aliphatic carbocycles. The Hall–Kier alpha value is -2.57. The molecule has 0 saturated carbocycles. The van der Waals surface area contributed by atoms with E-state index >= 15 is 0 Å². The molecular formula is C18H23NO6. The van der Waals surface area contributed by atoms with Gasteiger partial charge in [0.2, 0.25) is 0 Å². The van der Waals surface area contributed by atoms with Gasteiger partial charge in [-0.1, -0.05) is 18.2 Å². The number of rotatable bonds is 5. The smallest absolute Gasteiger partial charge is 0.411 e. The van der Waals surface area contributed by atoms with E-state index in [0.29, 0.717) is 5.56 Å². The molecule has 1 fully saturated rings. The molecule has 1 aliphatic rings. The maximum absolute atomic E-state index is 12.2. The molecule has 2 rings (SSSR count). The first-order valence-electron chi connectivity index (χ1n) is 8.06. The second kappa shape index (κ2) is 7.55. The zero-order chi connectivity index (χ0) is 18.6. The quantitative estimate of drug-likeness (QED) is 0.461. The predicted octanol–water partition coefficient (Wildman–Crippen LogP) is 2.39. The van der Waals surface area contributed by atoms with Gasteiger partial charge in [-0.05, 0) is 32.9 Å². The van der Waals surface area contributed by atoms with Crippen molar-refractivity contribution in [2.45, 2.75) is 45.4 Å².